The molecule has 0 spiro atoms. The molecule has 150 valence electrons. The second-order valence-corrected chi connectivity index (χ2v) is 9.93. The van der Waals surface area contributed by atoms with Gasteiger partial charge in [0.25, 0.3) is 0 Å². The summed E-state index contributed by atoms with van der Waals surface area (Å²) in [4.78, 5) is -0.178. The van der Waals surface area contributed by atoms with E-state index in [9.17, 15) is 13.0 Å². The van der Waals surface area contributed by atoms with Gasteiger partial charge in [-0.2, -0.15) is 0 Å². The molecule has 0 aliphatic heterocycles. The van der Waals surface area contributed by atoms with Crippen LogP contribution in [0.1, 0.15) is 10.1 Å². The third-order valence-electron chi connectivity index (χ3n) is 4.02. The number of fused-ring (bicyclic) bond motifs is 1. The Balaban J connectivity index is 0.000000221. The van der Waals surface area contributed by atoms with Crippen molar-refractivity contribution in [3.8, 4) is 11.5 Å². The van der Waals surface area contributed by atoms with Crippen molar-refractivity contribution in [1.82, 2.24) is 0 Å². The molecule has 0 N–H and O–H groups in total. The first-order chi connectivity index (χ1) is 13.2. The zero-order chi connectivity index (χ0) is 20.9. The molecule has 6 nitrogen and oxygen atoms in total. The Morgan fingerprint density at radius 1 is 1.11 bits per heavy atom. The summed E-state index contributed by atoms with van der Waals surface area (Å²) < 4.78 is 46.9. The minimum atomic E-state index is -4.27. The van der Waals surface area contributed by atoms with E-state index in [0.717, 1.165) is 23.6 Å². The molecule has 3 aromatic rings. The molecule has 0 saturated carbocycles. The van der Waals surface area contributed by atoms with E-state index in [1.807, 2.05) is 13.0 Å². The number of ether oxygens (including phenoxy) is 2. The van der Waals surface area contributed by atoms with Gasteiger partial charge < -0.3 is 4.55 Å². The summed E-state index contributed by atoms with van der Waals surface area (Å²) in [7, 11) is -0.933. The Labute approximate surface area is 171 Å². The maximum atomic E-state index is 10.4. The zero-order valence-electron chi connectivity index (χ0n) is 16.3. The monoisotopic (exact) mass is 469 g/mol. The topological polar surface area (TPSA) is 79.5 Å². The molecule has 1 aromatic heterocycles. The number of nitrogens with zero attached hydrogens (tertiary/aromatic N) is 1. The Morgan fingerprint density at radius 3 is 2.18 bits per heavy atom. The molecule has 0 bridgehead atoms. The van der Waals surface area contributed by atoms with E-state index in [1.54, 1.807) is 26.4 Å². The molecule has 28 heavy (non-hydrogen) atoms. The van der Waals surface area contributed by atoms with Gasteiger partial charge >= 0.3 is 107 Å². The maximum absolute atomic E-state index is 10.4. The maximum Gasteiger partial charge on any atom is 0.124 e. The molecule has 0 radical (unpaired) electrons. The molecule has 2 aromatic carbocycles. The van der Waals surface area contributed by atoms with E-state index in [1.165, 1.54) is 26.5 Å². The average molecular weight is 468 g/mol. The van der Waals surface area contributed by atoms with Crippen LogP contribution in [0.4, 0.5) is 0 Å². The molecule has 3 rings (SSSR count). The van der Waals surface area contributed by atoms with Crippen molar-refractivity contribution in [1.29, 1.82) is 0 Å². The fraction of sp³-hybridized carbons (Fsp3) is 0.250. The van der Waals surface area contributed by atoms with E-state index in [0.29, 0.717) is 14.5 Å². The molecule has 0 unspecified atom stereocenters. The van der Waals surface area contributed by atoms with Crippen LogP contribution < -0.4 is 14.0 Å². The van der Waals surface area contributed by atoms with Crippen molar-refractivity contribution in [3.63, 3.8) is 0 Å². The number of rotatable bonds is 5. The van der Waals surface area contributed by atoms with Crippen LogP contribution in [0.25, 0.3) is 9.78 Å². The summed E-state index contributed by atoms with van der Waals surface area (Å²) in [6.07, 6.45) is 1.92. The number of methoxy groups -OCH3 is 2. The van der Waals surface area contributed by atoms with Crippen molar-refractivity contribution in [2.45, 2.75) is 25.3 Å². The van der Waals surface area contributed by atoms with Gasteiger partial charge in [-0.15, -0.1) is 0 Å². The Bertz CT molecular complexity index is 1070. The van der Waals surface area contributed by atoms with E-state index in [4.69, 9.17) is 9.47 Å². The van der Waals surface area contributed by atoms with E-state index < -0.39 is 10.1 Å². The van der Waals surface area contributed by atoms with Crippen LogP contribution in [-0.2, 0) is 16.7 Å². The first kappa shape index (κ1) is 22.2. The largest absolute Gasteiger partial charge is 0.744 e. The van der Waals surface area contributed by atoms with Crippen LogP contribution in [0, 0.1) is 13.8 Å². The molecule has 0 atom stereocenters. The van der Waals surface area contributed by atoms with Crippen molar-refractivity contribution >= 4 is 34.4 Å². The van der Waals surface area contributed by atoms with Gasteiger partial charge in [0.05, 0.1) is 4.90 Å². The third-order valence-corrected chi connectivity index (χ3v) is 7.09. The fourth-order valence-electron chi connectivity index (χ4n) is 2.59. The van der Waals surface area contributed by atoms with E-state index in [-0.39, 0.29) is 4.90 Å². The minimum absolute atomic E-state index is 0.178. The minimum Gasteiger partial charge on any atom is -0.744 e. The van der Waals surface area contributed by atoms with Gasteiger partial charge in [0.15, 0.2) is 0 Å². The first-order valence-corrected chi connectivity index (χ1v) is 11.5. The predicted molar refractivity (Wildman–Crippen MR) is 108 cm³/mol. The number of benzene rings is 2. The predicted octanol–water partition coefficient (Wildman–Crippen LogP) is 2.60. The second kappa shape index (κ2) is 9.39. The average Bonchev–Trinajstić information content (AvgIpc) is 2.95. The standard InChI is InChI=1S/C13H16NO2Se.C7H8O3S/c1-5-6-14-9(2)17-13-8-12(16-4)11(15-3)7-10(13)14;1-6-2-4-7(5-3-6)11(8,9)10/h5,7-8H,1,6H2,2-4H3;2-5H,1H3,(H,8,9,10)/q+1;/p-1. The van der Waals surface area contributed by atoms with Gasteiger partial charge in [0, 0.05) is 0 Å². The zero-order valence-corrected chi connectivity index (χ0v) is 18.8. The number of hydrogen-bond donors (Lipinski definition) is 0. The first-order valence-electron chi connectivity index (χ1n) is 8.39. The van der Waals surface area contributed by atoms with Crippen molar-refractivity contribution in [3.05, 3.63) is 59.2 Å². The molecule has 0 saturated heterocycles. The van der Waals surface area contributed by atoms with Crippen LogP contribution in [0.15, 0.2) is 53.9 Å². The molecule has 0 aliphatic rings. The van der Waals surface area contributed by atoms with Crippen molar-refractivity contribution < 1.29 is 27.0 Å². The normalized spacial score (nSPS) is 10.9. The summed E-state index contributed by atoms with van der Waals surface area (Å²) in [5.74, 6) is 1.59. The molecular weight excluding hydrogens is 445 g/mol. The Morgan fingerprint density at radius 2 is 1.68 bits per heavy atom. The smallest absolute Gasteiger partial charge is 0.124 e. The summed E-state index contributed by atoms with van der Waals surface area (Å²) in [5.41, 5.74) is 2.15. The Kier molecular flexibility index (Phi) is 7.43. The molecule has 1 heterocycles. The second-order valence-electron chi connectivity index (χ2n) is 5.96. The van der Waals surface area contributed by atoms with Crippen molar-refractivity contribution in [2.75, 3.05) is 14.2 Å². The van der Waals surface area contributed by atoms with Gasteiger partial charge in [-0.3, -0.25) is 0 Å². The number of aromatic nitrogens is 1. The molecule has 8 heteroatoms. The van der Waals surface area contributed by atoms with E-state index in [2.05, 4.69) is 30.2 Å². The van der Waals surface area contributed by atoms with Crippen LogP contribution in [0.5, 0.6) is 11.5 Å². The van der Waals surface area contributed by atoms with Crippen LogP contribution in [0.3, 0.4) is 0 Å². The molecule has 0 amide bonds. The molecule has 0 fully saturated rings. The summed E-state index contributed by atoms with van der Waals surface area (Å²) >= 11 is 0.373. The number of hydrogen-bond acceptors (Lipinski definition) is 5. The third kappa shape index (κ3) is 5.23. The van der Waals surface area contributed by atoms with E-state index >= 15 is 0 Å². The van der Waals surface area contributed by atoms with Crippen molar-refractivity contribution in [2.24, 2.45) is 0 Å². The van der Waals surface area contributed by atoms with Crippen LogP contribution >= 0.6 is 0 Å². The van der Waals surface area contributed by atoms with Gasteiger partial charge in [-0.05, 0) is 19.1 Å². The van der Waals surface area contributed by atoms with Gasteiger partial charge in [0.2, 0.25) is 0 Å². The quantitative estimate of drug-likeness (QED) is 0.249. The summed E-state index contributed by atoms with van der Waals surface area (Å²) in [6, 6.07) is 9.92. The number of allylic oxidation sites excluding steroid dienone is 1. The van der Waals surface area contributed by atoms with Crippen LogP contribution in [0.2, 0.25) is 0 Å². The molecular formula is C20H23NO5SSe. The van der Waals surface area contributed by atoms with Crippen LogP contribution in [-0.4, -0.2) is 41.7 Å². The fourth-order valence-corrected chi connectivity index (χ4v) is 5.24. The summed E-state index contributed by atoms with van der Waals surface area (Å²) in [6.45, 7) is 8.64. The molecule has 0 aliphatic carbocycles. The Hall–Kier alpha value is -2.12. The number of aryl methyl sites for hydroxylation is 2. The van der Waals surface area contributed by atoms with Gasteiger partial charge in [-0.1, -0.05) is 17.7 Å². The van der Waals surface area contributed by atoms with Gasteiger partial charge in [0.1, 0.15) is 10.1 Å². The van der Waals surface area contributed by atoms with Gasteiger partial charge in [-0.25, -0.2) is 8.42 Å². The summed E-state index contributed by atoms with van der Waals surface area (Å²) in [5, 5.41) is 0. The SMILES string of the molecule is C=CC[n+]1c(C)[se]c2cc(OC)c(OC)cc21.Cc1ccc(S(=O)(=O)[O-])cc1.